The Kier molecular flexibility index (Phi) is 4.92. The largest absolute Gasteiger partial charge is 0.383 e. The average Bonchev–Trinajstić information content (AvgIpc) is 2.84. The van der Waals surface area contributed by atoms with Crippen molar-refractivity contribution < 1.29 is 0 Å². The van der Waals surface area contributed by atoms with Crippen LogP contribution in [0.25, 0.3) is 21.9 Å². The highest BCUT2D eigenvalue weighted by atomic mass is 35.5. The summed E-state index contributed by atoms with van der Waals surface area (Å²) in [6.45, 7) is 10.4. The molecular formula is C18H24ClN5. The molecule has 24 heavy (non-hydrogen) atoms. The summed E-state index contributed by atoms with van der Waals surface area (Å²) in [6, 6.07) is 5.86. The predicted molar refractivity (Wildman–Crippen MR) is 102 cm³/mol. The van der Waals surface area contributed by atoms with E-state index in [0.29, 0.717) is 5.02 Å². The molecule has 0 spiro atoms. The van der Waals surface area contributed by atoms with E-state index in [-0.39, 0.29) is 0 Å². The maximum absolute atomic E-state index is 6.16. The van der Waals surface area contributed by atoms with Crippen LogP contribution in [0.1, 0.15) is 19.5 Å². The summed E-state index contributed by atoms with van der Waals surface area (Å²) < 4.78 is 1.83. The van der Waals surface area contributed by atoms with Gasteiger partial charge in [0, 0.05) is 30.5 Å². The zero-order valence-electron chi connectivity index (χ0n) is 14.7. The molecule has 0 aliphatic heterocycles. The molecule has 0 saturated carbocycles. The Morgan fingerprint density at radius 3 is 2.71 bits per heavy atom. The molecule has 0 radical (unpaired) electrons. The second kappa shape index (κ2) is 6.95. The van der Waals surface area contributed by atoms with Crippen molar-refractivity contribution >= 4 is 39.2 Å². The Hall–Kier alpha value is -1.85. The van der Waals surface area contributed by atoms with Crippen LogP contribution in [0.2, 0.25) is 5.02 Å². The molecule has 0 bridgehead atoms. The summed E-state index contributed by atoms with van der Waals surface area (Å²) in [4.78, 5) is 7.16. The van der Waals surface area contributed by atoms with Crippen LogP contribution in [-0.4, -0.2) is 45.8 Å². The number of nitrogens with zero attached hydrogens (tertiary/aromatic N) is 4. The number of halogens is 1. The van der Waals surface area contributed by atoms with Crippen LogP contribution >= 0.6 is 11.6 Å². The van der Waals surface area contributed by atoms with Gasteiger partial charge in [0.25, 0.3) is 0 Å². The minimum absolute atomic E-state index is 0.697. The van der Waals surface area contributed by atoms with E-state index in [0.717, 1.165) is 59.5 Å². The van der Waals surface area contributed by atoms with E-state index in [9.17, 15) is 0 Å². The van der Waals surface area contributed by atoms with Crippen molar-refractivity contribution in [2.24, 2.45) is 7.05 Å². The van der Waals surface area contributed by atoms with E-state index in [1.165, 1.54) is 0 Å². The lowest BCUT2D eigenvalue weighted by Crippen LogP contribution is -2.28. The number of nitrogens with one attached hydrogen (secondary N) is 1. The molecule has 0 atom stereocenters. The van der Waals surface area contributed by atoms with Gasteiger partial charge in [-0.15, -0.1) is 0 Å². The number of anilines is 1. The van der Waals surface area contributed by atoms with Crippen LogP contribution in [0.5, 0.6) is 0 Å². The van der Waals surface area contributed by atoms with Gasteiger partial charge in [-0.1, -0.05) is 25.4 Å². The number of aromatic nitrogens is 3. The molecule has 3 rings (SSSR count). The third kappa shape index (κ3) is 3.06. The third-order valence-electron chi connectivity index (χ3n) is 4.52. The topological polar surface area (TPSA) is 46.0 Å². The quantitative estimate of drug-likeness (QED) is 0.737. The molecular weight excluding hydrogens is 322 g/mol. The first-order chi connectivity index (χ1) is 11.5. The van der Waals surface area contributed by atoms with Crippen LogP contribution in [-0.2, 0) is 7.05 Å². The zero-order chi connectivity index (χ0) is 17.3. The van der Waals surface area contributed by atoms with E-state index in [4.69, 9.17) is 16.6 Å². The molecule has 0 saturated heterocycles. The number of aryl methyl sites for hydroxylation is 2. The Bertz CT molecular complexity index is 867. The summed E-state index contributed by atoms with van der Waals surface area (Å²) >= 11 is 6.16. The number of fused-ring (bicyclic) bond motifs is 2. The Labute approximate surface area is 147 Å². The zero-order valence-corrected chi connectivity index (χ0v) is 15.5. The predicted octanol–water partition coefficient (Wildman–Crippen LogP) is 3.84. The van der Waals surface area contributed by atoms with Gasteiger partial charge in [-0.05, 0) is 38.2 Å². The van der Waals surface area contributed by atoms with Gasteiger partial charge < -0.3 is 10.2 Å². The van der Waals surface area contributed by atoms with Gasteiger partial charge in [-0.2, -0.15) is 5.10 Å². The summed E-state index contributed by atoms with van der Waals surface area (Å²) in [6.07, 6.45) is 0. The molecule has 2 heterocycles. The number of hydrogen-bond donors (Lipinski definition) is 1. The normalized spacial score (nSPS) is 11.8. The minimum atomic E-state index is 0.697. The summed E-state index contributed by atoms with van der Waals surface area (Å²) in [5, 5.41) is 11.0. The highest BCUT2D eigenvalue weighted by Gasteiger charge is 2.15. The highest BCUT2D eigenvalue weighted by Crippen LogP contribution is 2.33. The van der Waals surface area contributed by atoms with Crippen molar-refractivity contribution in [2.75, 3.05) is 31.5 Å². The van der Waals surface area contributed by atoms with Gasteiger partial charge in [-0.3, -0.25) is 4.68 Å². The van der Waals surface area contributed by atoms with E-state index >= 15 is 0 Å². The lowest BCUT2D eigenvalue weighted by molar-refractivity contribution is 0.316. The number of likely N-dealkylation sites (N-methyl/N-ethyl adjacent to an activating group) is 1. The fourth-order valence-electron chi connectivity index (χ4n) is 3.19. The molecule has 2 aromatic heterocycles. The van der Waals surface area contributed by atoms with Gasteiger partial charge in [-0.25, -0.2) is 4.98 Å². The van der Waals surface area contributed by atoms with Crippen molar-refractivity contribution in [1.29, 1.82) is 0 Å². The fourth-order valence-corrected chi connectivity index (χ4v) is 3.35. The van der Waals surface area contributed by atoms with Crippen LogP contribution in [0.3, 0.4) is 0 Å². The molecule has 0 fully saturated rings. The molecule has 0 amide bonds. The molecule has 0 aliphatic carbocycles. The van der Waals surface area contributed by atoms with E-state index in [1.807, 2.05) is 36.9 Å². The molecule has 6 heteroatoms. The monoisotopic (exact) mass is 345 g/mol. The second-order valence-electron chi connectivity index (χ2n) is 6.01. The first-order valence-corrected chi connectivity index (χ1v) is 8.81. The van der Waals surface area contributed by atoms with Gasteiger partial charge in [0.05, 0.1) is 22.3 Å². The number of hydrogen-bond acceptors (Lipinski definition) is 4. The van der Waals surface area contributed by atoms with Crippen LogP contribution in [0.4, 0.5) is 5.69 Å². The maximum Gasteiger partial charge on any atom is 0.160 e. The molecule has 3 aromatic rings. The average molecular weight is 346 g/mol. The number of benzene rings is 1. The molecule has 0 unspecified atom stereocenters. The lowest BCUT2D eigenvalue weighted by Gasteiger charge is -2.19. The summed E-state index contributed by atoms with van der Waals surface area (Å²) in [5.41, 5.74) is 3.86. The third-order valence-corrected chi connectivity index (χ3v) is 4.76. The van der Waals surface area contributed by atoms with Crippen LogP contribution in [0, 0.1) is 6.92 Å². The second-order valence-corrected chi connectivity index (χ2v) is 6.45. The Balaban J connectivity index is 2.07. The minimum Gasteiger partial charge on any atom is -0.383 e. The van der Waals surface area contributed by atoms with Gasteiger partial charge in [0.2, 0.25) is 0 Å². The standard InChI is InChI=1S/C18H24ClN5/c1-5-24(6-2)10-9-20-17-14-8-7-13(19)11-15(14)21-18-16(17)12(3)22-23(18)4/h7-8,11H,5-6,9-10H2,1-4H3,(H,20,21). The highest BCUT2D eigenvalue weighted by molar-refractivity contribution is 6.31. The van der Waals surface area contributed by atoms with Crippen molar-refractivity contribution in [3.8, 4) is 0 Å². The molecule has 1 aromatic carbocycles. The molecule has 1 N–H and O–H groups in total. The summed E-state index contributed by atoms with van der Waals surface area (Å²) in [7, 11) is 1.93. The van der Waals surface area contributed by atoms with Crippen molar-refractivity contribution in [2.45, 2.75) is 20.8 Å². The number of pyridine rings is 1. The lowest BCUT2D eigenvalue weighted by atomic mass is 10.1. The Morgan fingerprint density at radius 1 is 1.25 bits per heavy atom. The van der Waals surface area contributed by atoms with Crippen LogP contribution < -0.4 is 5.32 Å². The molecule has 0 aliphatic rings. The maximum atomic E-state index is 6.16. The van der Waals surface area contributed by atoms with Crippen molar-refractivity contribution in [3.05, 3.63) is 28.9 Å². The first-order valence-electron chi connectivity index (χ1n) is 8.44. The number of rotatable bonds is 6. The molecule has 5 nitrogen and oxygen atoms in total. The van der Waals surface area contributed by atoms with Gasteiger partial charge in [0.1, 0.15) is 0 Å². The van der Waals surface area contributed by atoms with Gasteiger partial charge in [0.15, 0.2) is 5.65 Å². The van der Waals surface area contributed by atoms with E-state index in [1.54, 1.807) is 0 Å². The van der Waals surface area contributed by atoms with Gasteiger partial charge >= 0.3 is 0 Å². The van der Waals surface area contributed by atoms with Crippen LogP contribution in [0.15, 0.2) is 18.2 Å². The SMILES string of the molecule is CCN(CC)CCNc1c2ccc(Cl)cc2nc2c1c(C)nn2C. The van der Waals surface area contributed by atoms with E-state index in [2.05, 4.69) is 29.2 Å². The fraction of sp³-hybridized carbons (Fsp3) is 0.444. The van der Waals surface area contributed by atoms with Crippen molar-refractivity contribution in [1.82, 2.24) is 19.7 Å². The smallest absolute Gasteiger partial charge is 0.160 e. The van der Waals surface area contributed by atoms with Crippen molar-refractivity contribution in [3.63, 3.8) is 0 Å². The summed E-state index contributed by atoms with van der Waals surface area (Å²) in [5.74, 6) is 0. The Morgan fingerprint density at radius 2 is 2.00 bits per heavy atom. The molecule has 128 valence electrons. The first kappa shape index (κ1) is 17.0. The van der Waals surface area contributed by atoms with E-state index < -0.39 is 0 Å².